The zero-order valence-corrected chi connectivity index (χ0v) is 14.4. The first-order valence-electron chi connectivity index (χ1n) is 8.04. The van der Waals surface area contributed by atoms with Gasteiger partial charge in [-0.3, -0.25) is 14.0 Å². The average molecular weight is 337 g/mol. The van der Waals surface area contributed by atoms with Crippen LogP contribution in [0.15, 0.2) is 47.4 Å². The number of pyridine rings is 1. The third-order valence-electron chi connectivity index (χ3n) is 3.90. The third kappa shape index (κ3) is 3.10. The van der Waals surface area contributed by atoms with Crippen molar-refractivity contribution >= 4 is 17.2 Å². The number of carbonyl (C=O) groups is 1. The van der Waals surface area contributed by atoms with Gasteiger partial charge in [0, 0.05) is 6.20 Å². The summed E-state index contributed by atoms with van der Waals surface area (Å²) in [5.74, 6) is 0.0727. The first kappa shape index (κ1) is 16.7. The van der Waals surface area contributed by atoms with Crippen LogP contribution >= 0.6 is 0 Å². The highest BCUT2D eigenvalue weighted by molar-refractivity contribution is 6.06. The number of rotatable bonds is 4. The summed E-state index contributed by atoms with van der Waals surface area (Å²) in [7, 11) is 0. The lowest BCUT2D eigenvalue weighted by molar-refractivity contribution is 0.102. The van der Waals surface area contributed by atoms with Crippen LogP contribution in [0, 0.1) is 13.8 Å². The van der Waals surface area contributed by atoms with Crippen molar-refractivity contribution < 1.29 is 9.53 Å². The molecule has 3 rings (SSSR count). The lowest BCUT2D eigenvalue weighted by Crippen LogP contribution is -2.25. The van der Waals surface area contributed by atoms with Crippen molar-refractivity contribution in [3.05, 3.63) is 69.8 Å². The normalized spacial score (nSPS) is 10.7. The highest BCUT2D eigenvalue weighted by Crippen LogP contribution is 2.20. The maximum absolute atomic E-state index is 12.8. The highest BCUT2D eigenvalue weighted by Gasteiger charge is 2.17. The highest BCUT2D eigenvalue weighted by atomic mass is 16.5. The smallest absolute Gasteiger partial charge is 0.281 e. The fourth-order valence-corrected chi connectivity index (χ4v) is 2.66. The molecule has 25 heavy (non-hydrogen) atoms. The number of para-hydroxylation sites is 1. The van der Waals surface area contributed by atoms with Gasteiger partial charge in [-0.15, -0.1) is 0 Å². The van der Waals surface area contributed by atoms with Crippen LogP contribution in [0.1, 0.15) is 28.5 Å². The van der Waals surface area contributed by atoms with Gasteiger partial charge in [0.2, 0.25) is 0 Å². The van der Waals surface area contributed by atoms with Gasteiger partial charge in [-0.1, -0.05) is 18.2 Å². The number of amides is 1. The third-order valence-corrected chi connectivity index (χ3v) is 3.90. The number of fused-ring (bicyclic) bond motifs is 1. The molecule has 0 spiro atoms. The molecular formula is C19H19N3O3. The molecule has 0 aliphatic rings. The molecule has 0 fully saturated rings. The largest absolute Gasteiger partial charge is 0.493 e. The van der Waals surface area contributed by atoms with Crippen molar-refractivity contribution in [3.63, 3.8) is 0 Å². The second kappa shape index (κ2) is 6.76. The van der Waals surface area contributed by atoms with Gasteiger partial charge in [-0.2, -0.15) is 0 Å². The monoisotopic (exact) mass is 337 g/mol. The Morgan fingerprint density at radius 2 is 1.96 bits per heavy atom. The minimum absolute atomic E-state index is 0.166. The number of aryl methyl sites for hydroxylation is 2. The van der Waals surface area contributed by atoms with Gasteiger partial charge in [0.1, 0.15) is 17.1 Å². The van der Waals surface area contributed by atoms with Gasteiger partial charge < -0.3 is 10.1 Å². The minimum atomic E-state index is -0.404. The van der Waals surface area contributed by atoms with E-state index in [4.69, 9.17) is 4.74 Å². The Balaban J connectivity index is 2.04. The molecule has 128 valence electrons. The van der Waals surface area contributed by atoms with E-state index in [1.54, 1.807) is 43.5 Å². The van der Waals surface area contributed by atoms with Gasteiger partial charge in [0.25, 0.3) is 11.5 Å². The van der Waals surface area contributed by atoms with Gasteiger partial charge in [0.05, 0.1) is 17.9 Å². The van der Waals surface area contributed by atoms with Crippen molar-refractivity contribution in [1.29, 1.82) is 0 Å². The van der Waals surface area contributed by atoms with E-state index in [0.717, 1.165) is 5.56 Å². The molecule has 0 radical (unpaired) electrons. The molecule has 0 aliphatic heterocycles. The van der Waals surface area contributed by atoms with E-state index < -0.39 is 5.91 Å². The molecule has 3 aromatic rings. The lowest BCUT2D eigenvalue weighted by Gasteiger charge is -2.12. The van der Waals surface area contributed by atoms with Gasteiger partial charge >= 0.3 is 0 Å². The first-order chi connectivity index (χ1) is 12.0. The van der Waals surface area contributed by atoms with Crippen molar-refractivity contribution in [2.75, 3.05) is 11.9 Å². The van der Waals surface area contributed by atoms with Crippen molar-refractivity contribution in [3.8, 4) is 5.75 Å². The number of nitrogens with zero attached hydrogens (tertiary/aromatic N) is 2. The van der Waals surface area contributed by atoms with E-state index in [9.17, 15) is 9.59 Å². The number of nitrogens with one attached hydrogen (secondary N) is 1. The predicted molar refractivity (Wildman–Crippen MR) is 96.5 cm³/mol. The molecule has 0 saturated carbocycles. The fraction of sp³-hybridized carbons (Fsp3) is 0.211. The van der Waals surface area contributed by atoms with Crippen LogP contribution in [-0.2, 0) is 0 Å². The predicted octanol–water partition coefficient (Wildman–Crippen LogP) is 2.96. The van der Waals surface area contributed by atoms with E-state index in [1.165, 1.54) is 4.40 Å². The minimum Gasteiger partial charge on any atom is -0.493 e. The van der Waals surface area contributed by atoms with E-state index >= 15 is 0 Å². The van der Waals surface area contributed by atoms with Crippen LogP contribution in [0.25, 0.3) is 5.65 Å². The summed E-state index contributed by atoms with van der Waals surface area (Å²) in [6.07, 6.45) is 1.64. The average Bonchev–Trinajstić information content (AvgIpc) is 2.60. The molecule has 0 atom stereocenters. The molecule has 6 heteroatoms. The molecule has 0 aliphatic carbocycles. The Hall–Kier alpha value is -3.15. The van der Waals surface area contributed by atoms with Crippen LogP contribution < -0.4 is 15.6 Å². The Morgan fingerprint density at radius 3 is 2.72 bits per heavy atom. The number of hydrogen-bond acceptors (Lipinski definition) is 4. The van der Waals surface area contributed by atoms with Crippen LogP contribution in [-0.4, -0.2) is 21.9 Å². The quantitative estimate of drug-likeness (QED) is 0.794. The second-order valence-electron chi connectivity index (χ2n) is 5.65. The molecule has 1 amide bonds. The molecule has 0 bridgehead atoms. The SMILES string of the molecule is CCOc1ccccc1C(=O)Nc1c(C)nc2c(C)cccn2c1=O. The van der Waals surface area contributed by atoms with E-state index in [0.29, 0.717) is 29.3 Å². The molecule has 6 nitrogen and oxygen atoms in total. The Bertz CT molecular complexity index is 1010. The Labute approximate surface area is 145 Å². The molecule has 0 saturated heterocycles. The molecule has 2 heterocycles. The van der Waals surface area contributed by atoms with Crippen molar-refractivity contribution in [1.82, 2.24) is 9.38 Å². The summed E-state index contributed by atoms with van der Waals surface area (Å²) in [6, 6.07) is 10.6. The standard InChI is InChI=1S/C19H19N3O3/c1-4-25-15-10-6-5-9-14(15)18(23)21-16-13(3)20-17-12(2)8-7-11-22(17)19(16)24/h5-11H,4H2,1-3H3,(H,21,23). The number of benzene rings is 1. The first-order valence-corrected chi connectivity index (χ1v) is 8.04. The second-order valence-corrected chi connectivity index (χ2v) is 5.65. The van der Waals surface area contributed by atoms with Gasteiger partial charge in [-0.25, -0.2) is 4.98 Å². The number of hydrogen-bond donors (Lipinski definition) is 1. The molecule has 1 N–H and O–H groups in total. The number of ether oxygens (including phenoxy) is 1. The molecule has 1 aromatic carbocycles. The lowest BCUT2D eigenvalue weighted by atomic mass is 10.2. The zero-order chi connectivity index (χ0) is 18.0. The summed E-state index contributed by atoms with van der Waals surface area (Å²) in [6.45, 7) is 5.89. The fourth-order valence-electron chi connectivity index (χ4n) is 2.66. The topological polar surface area (TPSA) is 72.7 Å². The maximum atomic E-state index is 12.8. The Kier molecular flexibility index (Phi) is 4.52. The van der Waals surface area contributed by atoms with Crippen LogP contribution in [0.3, 0.4) is 0 Å². The summed E-state index contributed by atoms with van der Waals surface area (Å²) >= 11 is 0. The van der Waals surface area contributed by atoms with Gasteiger partial charge in [-0.05, 0) is 44.5 Å². The van der Waals surface area contributed by atoms with Crippen LogP contribution in [0.5, 0.6) is 5.75 Å². The summed E-state index contributed by atoms with van der Waals surface area (Å²) in [5.41, 5.74) is 2.17. The Morgan fingerprint density at radius 1 is 1.20 bits per heavy atom. The van der Waals surface area contributed by atoms with E-state index in [1.807, 2.05) is 19.9 Å². The van der Waals surface area contributed by atoms with E-state index in [2.05, 4.69) is 10.3 Å². The maximum Gasteiger partial charge on any atom is 0.281 e. The summed E-state index contributed by atoms with van der Waals surface area (Å²) in [4.78, 5) is 29.9. The van der Waals surface area contributed by atoms with Crippen LogP contribution in [0.4, 0.5) is 5.69 Å². The molecular weight excluding hydrogens is 318 g/mol. The zero-order valence-electron chi connectivity index (χ0n) is 14.4. The number of aromatic nitrogens is 2. The number of anilines is 1. The summed E-state index contributed by atoms with van der Waals surface area (Å²) < 4.78 is 6.92. The summed E-state index contributed by atoms with van der Waals surface area (Å²) in [5, 5.41) is 2.69. The molecule has 0 unspecified atom stereocenters. The van der Waals surface area contributed by atoms with Crippen molar-refractivity contribution in [2.24, 2.45) is 0 Å². The molecule has 2 aromatic heterocycles. The number of carbonyl (C=O) groups excluding carboxylic acids is 1. The van der Waals surface area contributed by atoms with Gasteiger partial charge in [0.15, 0.2) is 0 Å². The van der Waals surface area contributed by atoms with E-state index in [-0.39, 0.29) is 11.2 Å². The van der Waals surface area contributed by atoms with Crippen LogP contribution in [0.2, 0.25) is 0 Å². The van der Waals surface area contributed by atoms with Crippen molar-refractivity contribution in [2.45, 2.75) is 20.8 Å².